The fourth-order valence-electron chi connectivity index (χ4n) is 3.58. The first-order valence-electron chi connectivity index (χ1n) is 9.46. The third-order valence-corrected chi connectivity index (χ3v) is 5.49. The number of amides is 1. The molecule has 0 atom stereocenters. The number of H-pyrrole nitrogens is 1. The van der Waals surface area contributed by atoms with Crippen LogP contribution in [-0.2, 0) is 4.79 Å². The maximum atomic E-state index is 12.6. The normalized spacial score (nSPS) is 24.6. The van der Waals surface area contributed by atoms with Gasteiger partial charge in [0.1, 0.15) is 0 Å². The summed E-state index contributed by atoms with van der Waals surface area (Å²) in [5, 5.41) is 10.2. The number of hydrogen-bond donors (Lipinski definition) is 2. The number of anilines is 1. The monoisotopic (exact) mass is 347 g/mol. The topological polar surface area (TPSA) is 57.8 Å². The zero-order chi connectivity index (χ0) is 18.0. The van der Waals surface area contributed by atoms with Crippen LogP contribution in [0.25, 0.3) is 0 Å². The van der Waals surface area contributed by atoms with Crippen molar-refractivity contribution in [3.05, 3.63) is 72.0 Å². The summed E-state index contributed by atoms with van der Waals surface area (Å²) in [4.78, 5) is 12.6. The van der Waals surface area contributed by atoms with Crippen molar-refractivity contribution >= 4 is 11.7 Å². The highest BCUT2D eigenvalue weighted by Crippen LogP contribution is 2.40. The Balaban J connectivity index is 1.40. The minimum absolute atomic E-state index is 0.00755. The van der Waals surface area contributed by atoms with Gasteiger partial charge < -0.3 is 5.32 Å². The molecule has 1 aromatic carbocycles. The molecule has 0 aliphatic heterocycles. The number of carbonyl (C=O) groups excluding carboxylic acids is 1. The second kappa shape index (κ2) is 6.94. The molecular weight excluding hydrogens is 322 g/mol. The highest BCUT2D eigenvalue weighted by Gasteiger charge is 2.29. The summed E-state index contributed by atoms with van der Waals surface area (Å²) in [7, 11) is 0. The van der Waals surface area contributed by atoms with E-state index in [1.165, 1.54) is 18.4 Å². The van der Waals surface area contributed by atoms with E-state index < -0.39 is 0 Å². The molecular formula is C22H25N3O. The van der Waals surface area contributed by atoms with Gasteiger partial charge in [-0.3, -0.25) is 9.89 Å². The van der Waals surface area contributed by atoms with E-state index in [-0.39, 0.29) is 17.2 Å². The molecule has 0 radical (unpaired) electrons. The number of nitrogens with zero attached hydrogens (tertiary/aromatic N) is 1. The van der Waals surface area contributed by atoms with Gasteiger partial charge in [-0.15, -0.1) is 0 Å². The standard InChI is InChI=1S/C22H25N3O/c1-2-22(12-10-17(11-13-22)16-6-4-3-5-7-16)15-21(26)23-20-14-19(24-25-20)18-8-9-18/h3-7,10-14,17-18H,2,8-9,15H2,1H3,(H2,23,24,25,26). The van der Waals surface area contributed by atoms with Gasteiger partial charge in [0.05, 0.1) is 0 Å². The molecule has 4 nitrogen and oxygen atoms in total. The molecule has 2 aliphatic carbocycles. The molecule has 4 rings (SSSR count). The lowest BCUT2D eigenvalue weighted by molar-refractivity contribution is -0.117. The molecule has 0 spiro atoms. The highest BCUT2D eigenvalue weighted by molar-refractivity contribution is 5.90. The molecule has 2 aromatic rings. The van der Waals surface area contributed by atoms with E-state index >= 15 is 0 Å². The number of benzene rings is 1. The van der Waals surface area contributed by atoms with Crippen LogP contribution in [0.5, 0.6) is 0 Å². The van der Waals surface area contributed by atoms with Crippen molar-refractivity contribution in [1.82, 2.24) is 10.2 Å². The second-order valence-electron chi connectivity index (χ2n) is 7.45. The first kappa shape index (κ1) is 16.8. The van der Waals surface area contributed by atoms with Crippen LogP contribution in [0.3, 0.4) is 0 Å². The van der Waals surface area contributed by atoms with Crippen LogP contribution in [0, 0.1) is 5.41 Å². The van der Waals surface area contributed by atoms with Crippen molar-refractivity contribution < 1.29 is 4.79 Å². The third kappa shape index (κ3) is 3.64. The molecule has 2 aliphatic rings. The molecule has 0 bridgehead atoms. The van der Waals surface area contributed by atoms with E-state index in [1.54, 1.807) is 0 Å². The average Bonchev–Trinajstić information content (AvgIpc) is 3.43. The summed E-state index contributed by atoms with van der Waals surface area (Å²) in [6.07, 6.45) is 12.6. The fourth-order valence-corrected chi connectivity index (χ4v) is 3.58. The van der Waals surface area contributed by atoms with Crippen LogP contribution < -0.4 is 5.32 Å². The number of carbonyl (C=O) groups is 1. The summed E-state index contributed by atoms with van der Waals surface area (Å²) in [6, 6.07) is 12.4. The molecule has 0 unspecified atom stereocenters. The molecule has 26 heavy (non-hydrogen) atoms. The largest absolute Gasteiger partial charge is 0.309 e. The molecule has 1 aromatic heterocycles. The summed E-state index contributed by atoms with van der Waals surface area (Å²) >= 11 is 0. The number of allylic oxidation sites excluding steroid dienone is 4. The Morgan fingerprint density at radius 3 is 2.62 bits per heavy atom. The van der Waals surface area contributed by atoms with Crippen molar-refractivity contribution in [1.29, 1.82) is 0 Å². The van der Waals surface area contributed by atoms with Gasteiger partial charge in [-0.05, 0) is 24.8 Å². The Morgan fingerprint density at radius 1 is 1.23 bits per heavy atom. The molecule has 1 saturated carbocycles. The Labute approximate surface area is 154 Å². The number of aromatic amines is 1. The minimum Gasteiger partial charge on any atom is -0.309 e. The summed E-state index contributed by atoms with van der Waals surface area (Å²) in [5.74, 6) is 1.53. The van der Waals surface area contributed by atoms with Gasteiger partial charge in [-0.1, -0.05) is 61.6 Å². The Hall–Kier alpha value is -2.62. The Morgan fingerprint density at radius 2 is 1.96 bits per heavy atom. The van der Waals surface area contributed by atoms with Crippen LogP contribution in [-0.4, -0.2) is 16.1 Å². The van der Waals surface area contributed by atoms with Gasteiger partial charge in [0, 0.05) is 35.4 Å². The van der Waals surface area contributed by atoms with Gasteiger partial charge in [-0.2, -0.15) is 5.10 Å². The van der Waals surface area contributed by atoms with E-state index in [2.05, 4.69) is 71.0 Å². The van der Waals surface area contributed by atoms with Crippen molar-refractivity contribution in [2.75, 3.05) is 5.32 Å². The van der Waals surface area contributed by atoms with E-state index in [9.17, 15) is 4.79 Å². The fraction of sp³-hybridized carbons (Fsp3) is 0.364. The van der Waals surface area contributed by atoms with Crippen molar-refractivity contribution in [3.8, 4) is 0 Å². The Bertz CT molecular complexity index is 816. The van der Waals surface area contributed by atoms with Crippen molar-refractivity contribution in [2.24, 2.45) is 5.41 Å². The Kier molecular flexibility index (Phi) is 4.49. The summed E-state index contributed by atoms with van der Waals surface area (Å²) in [6.45, 7) is 2.13. The quantitative estimate of drug-likeness (QED) is 0.729. The maximum Gasteiger partial charge on any atom is 0.226 e. The molecule has 134 valence electrons. The first-order chi connectivity index (χ1) is 12.7. The van der Waals surface area contributed by atoms with Crippen LogP contribution in [0.15, 0.2) is 60.7 Å². The second-order valence-corrected chi connectivity index (χ2v) is 7.45. The van der Waals surface area contributed by atoms with Gasteiger partial charge in [0.25, 0.3) is 0 Å². The van der Waals surface area contributed by atoms with Gasteiger partial charge in [0.2, 0.25) is 5.91 Å². The number of hydrogen-bond acceptors (Lipinski definition) is 2. The number of rotatable bonds is 6. The molecule has 1 amide bonds. The lowest BCUT2D eigenvalue weighted by Crippen LogP contribution is -2.25. The SMILES string of the molecule is CCC1(CC(=O)Nc2cc(C3CC3)[nH]n2)C=CC(c2ccccc2)C=C1. The molecule has 1 fully saturated rings. The summed E-state index contributed by atoms with van der Waals surface area (Å²) in [5.41, 5.74) is 2.19. The smallest absolute Gasteiger partial charge is 0.226 e. The zero-order valence-electron chi connectivity index (χ0n) is 15.1. The lowest BCUT2D eigenvalue weighted by Gasteiger charge is -2.29. The lowest BCUT2D eigenvalue weighted by atomic mass is 9.75. The molecule has 4 heteroatoms. The molecule has 1 heterocycles. The van der Waals surface area contributed by atoms with Crippen molar-refractivity contribution in [2.45, 2.75) is 44.4 Å². The van der Waals surface area contributed by atoms with E-state index in [0.717, 1.165) is 12.1 Å². The minimum atomic E-state index is -0.217. The van der Waals surface area contributed by atoms with Gasteiger partial charge >= 0.3 is 0 Å². The zero-order valence-corrected chi connectivity index (χ0v) is 15.1. The maximum absolute atomic E-state index is 12.6. The first-order valence-corrected chi connectivity index (χ1v) is 9.46. The highest BCUT2D eigenvalue weighted by atomic mass is 16.1. The third-order valence-electron chi connectivity index (χ3n) is 5.49. The predicted molar refractivity (Wildman–Crippen MR) is 104 cm³/mol. The van der Waals surface area contributed by atoms with Crippen molar-refractivity contribution in [3.63, 3.8) is 0 Å². The number of aromatic nitrogens is 2. The van der Waals surface area contributed by atoms with Crippen LogP contribution >= 0.6 is 0 Å². The summed E-state index contributed by atoms with van der Waals surface area (Å²) < 4.78 is 0. The van der Waals surface area contributed by atoms with Gasteiger partial charge in [-0.25, -0.2) is 0 Å². The van der Waals surface area contributed by atoms with Gasteiger partial charge in [0.15, 0.2) is 5.82 Å². The van der Waals surface area contributed by atoms with Crippen LogP contribution in [0.1, 0.15) is 55.7 Å². The molecule has 2 N–H and O–H groups in total. The molecule has 0 saturated heterocycles. The number of nitrogens with one attached hydrogen (secondary N) is 2. The average molecular weight is 347 g/mol. The van der Waals surface area contributed by atoms with E-state index in [1.807, 2.05) is 12.1 Å². The predicted octanol–water partition coefficient (Wildman–Crippen LogP) is 4.92. The van der Waals surface area contributed by atoms with Crippen LogP contribution in [0.2, 0.25) is 0 Å². The van der Waals surface area contributed by atoms with E-state index in [4.69, 9.17) is 0 Å². The van der Waals surface area contributed by atoms with E-state index in [0.29, 0.717) is 18.2 Å². The van der Waals surface area contributed by atoms with Crippen LogP contribution in [0.4, 0.5) is 5.82 Å².